The number of carbonyl (C=O) groups excluding carboxylic acids is 2. The third-order valence-electron chi connectivity index (χ3n) is 6.70. The highest BCUT2D eigenvalue weighted by atomic mass is 32.2. The van der Waals surface area contributed by atoms with Gasteiger partial charge in [0.05, 0.1) is 5.69 Å². The van der Waals surface area contributed by atoms with E-state index in [2.05, 4.69) is 5.32 Å². The number of thioether (sulfide) groups is 1. The summed E-state index contributed by atoms with van der Waals surface area (Å²) in [5, 5.41) is 12.2. The van der Waals surface area contributed by atoms with Crippen LogP contribution in [0.1, 0.15) is 40.0 Å². The molecule has 1 atom stereocenters. The Morgan fingerprint density at radius 1 is 0.846 bits per heavy atom. The highest BCUT2D eigenvalue weighted by Crippen LogP contribution is 2.39. The maximum Gasteiger partial charge on any atom is 0.303 e. The van der Waals surface area contributed by atoms with Crippen LogP contribution in [0.4, 0.5) is 11.4 Å². The Hall–Kier alpha value is -4.36. The highest BCUT2D eigenvalue weighted by Gasteiger charge is 2.27. The Kier molecular flexibility index (Phi) is 8.08. The largest absolute Gasteiger partial charge is 0.481 e. The Bertz CT molecular complexity index is 1490. The second-order valence-electron chi connectivity index (χ2n) is 9.33. The summed E-state index contributed by atoms with van der Waals surface area (Å²) in [5.41, 5.74) is 4.33. The fourth-order valence-corrected chi connectivity index (χ4v) is 5.99. The van der Waals surface area contributed by atoms with E-state index in [4.69, 9.17) is 5.11 Å². The van der Waals surface area contributed by atoms with Crippen LogP contribution in [0.5, 0.6) is 0 Å². The Balaban J connectivity index is 1.31. The number of benzene rings is 4. The first-order valence-corrected chi connectivity index (χ1v) is 13.7. The normalized spacial score (nSPS) is 14.7. The average Bonchev–Trinajstić information content (AvgIpc) is 3.16. The number of carboxylic acids is 1. The lowest BCUT2D eigenvalue weighted by Crippen LogP contribution is -2.32. The van der Waals surface area contributed by atoms with Crippen molar-refractivity contribution in [3.05, 3.63) is 114 Å². The van der Waals surface area contributed by atoms with Crippen LogP contribution >= 0.6 is 11.8 Å². The number of aliphatic carboxylic acids is 1. The van der Waals surface area contributed by atoms with Crippen LogP contribution in [0, 0.1) is 0 Å². The second-order valence-corrected chi connectivity index (χ2v) is 10.7. The van der Waals surface area contributed by atoms with Gasteiger partial charge >= 0.3 is 5.97 Å². The van der Waals surface area contributed by atoms with Crippen molar-refractivity contribution in [2.75, 3.05) is 16.8 Å². The molecule has 0 saturated carbocycles. The standard InChI is InChI=1S/C32H28N2O4S/c35-30(36)19-18-25-20-21-34(28-12-6-7-13-29(28)39-25)32(38)23-14-16-24(17-15-23)33-31(37)27-11-5-4-10-26(27)22-8-2-1-3-9-22/h1-17,25H,18-21H2,(H,33,37)(H,35,36). The van der Waals surface area contributed by atoms with E-state index in [9.17, 15) is 14.4 Å². The molecule has 2 N–H and O–H groups in total. The summed E-state index contributed by atoms with van der Waals surface area (Å²) in [7, 11) is 0. The maximum atomic E-state index is 13.6. The summed E-state index contributed by atoms with van der Waals surface area (Å²) >= 11 is 1.64. The van der Waals surface area contributed by atoms with Crippen LogP contribution < -0.4 is 10.2 Å². The maximum absolute atomic E-state index is 13.6. The monoisotopic (exact) mass is 536 g/mol. The Morgan fingerprint density at radius 2 is 1.54 bits per heavy atom. The van der Waals surface area contributed by atoms with Crippen molar-refractivity contribution in [3.8, 4) is 11.1 Å². The number of anilines is 2. The van der Waals surface area contributed by atoms with E-state index < -0.39 is 5.97 Å². The van der Waals surface area contributed by atoms with Crippen molar-refractivity contribution in [2.24, 2.45) is 0 Å². The third-order valence-corrected chi connectivity index (χ3v) is 8.10. The molecule has 39 heavy (non-hydrogen) atoms. The van der Waals surface area contributed by atoms with E-state index in [1.54, 1.807) is 47.0 Å². The SMILES string of the molecule is O=C(O)CCC1CCN(C(=O)c2ccc(NC(=O)c3ccccc3-c3ccccc3)cc2)c2ccccc2S1. The first-order chi connectivity index (χ1) is 19.0. The van der Waals surface area contributed by atoms with Crippen LogP contribution in [0.3, 0.4) is 0 Å². The minimum Gasteiger partial charge on any atom is -0.481 e. The van der Waals surface area contributed by atoms with E-state index in [-0.39, 0.29) is 23.5 Å². The quantitative estimate of drug-likeness (QED) is 0.266. The fourth-order valence-electron chi connectivity index (χ4n) is 4.71. The van der Waals surface area contributed by atoms with Crippen molar-refractivity contribution < 1.29 is 19.5 Å². The molecule has 1 aliphatic heterocycles. The number of carbonyl (C=O) groups is 3. The van der Waals surface area contributed by atoms with Crippen molar-refractivity contribution in [2.45, 2.75) is 29.4 Å². The molecule has 0 radical (unpaired) electrons. The number of nitrogens with zero attached hydrogens (tertiary/aromatic N) is 1. The predicted octanol–water partition coefficient (Wildman–Crippen LogP) is 6.98. The zero-order chi connectivity index (χ0) is 27.2. The second kappa shape index (κ2) is 12.0. The molecule has 196 valence electrons. The van der Waals surface area contributed by atoms with E-state index >= 15 is 0 Å². The summed E-state index contributed by atoms with van der Waals surface area (Å²) in [6.07, 6.45) is 1.36. The minimum absolute atomic E-state index is 0.108. The van der Waals surface area contributed by atoms with Crippen LogP contribution in [-0.2, 0) is 4.79 Å². The van der Waals surface area contributed by atoms with Gasteiger partial charge in [0, 0.05) is 39.9 Å². The third kappa shape index (κ3) is 6.21. The van der Waals surface area contributed by atoms with Gasteiger partial charge in [-0.25, -0.2) is 0 Å². The summed E-state index contributed by atoms with van der Waals surface area (Å²) in [6, 6.07) is 31.9. The first kappa shape index (κ1) is 26.3. The van der Waals surface area contributed by atoms with E-state index in [1.807, 2.05) is 72.8 Å². The van der Waals surface area contributed by atoms with Gasteiger partial charge in [0.1, 0.15) is 0 Å². The molecule has 1 unspecified atom stereocenters. The lowest BCUT2D eigenvalue weighted by Gasteiger charge is -2.22. The molecule has 0 aromatic heterocycles. The van der Waals surface area contributed by atoms with Crippen LogP contribution in [0.25, 0.3) is 11.1 Å². The number of hydrogen-bond donors (Lipinski definition) is 2. The molecule has 5 rings (SSSR count). The van der Waals surface area contributed by atoms with E-state index in [0.29, 0.717) is 36.2 Å². The summed E-state index contributed by atoms with van der Waals surface area (Å²) in [5.74, 6) is -1.16. The number of para-hydroxylation sites is 1. The molecule has 6 nitrogen and oxygen atoms in total. The molecule has 0 saturated heterocycles. The van der Waals surface area contributed by atoms with Crippen molar-refractivity contribution >= 4 is 40.9 Å². The topological polar surface area (TPSA) is 86.7 Å². The van der Waals surface area contributed by atoms with Gasteiger partial charge in [-0.2, -0.15) is 0 Å². The summed E-state index contributed by atoms with van der Waals surface area (Å²) in [4.78, 5) is 40.6. The summed E-state index contributed by atoms with van der Waals surface area (Å²) in [6.45, 7) is 0.502. The molecule has 2 amide bonds. The first-order valence-electron chi connectivity index (χ1n) is 12.8. The van der Waals surface area contributed by atoms with Gasteiger partial charge in [0.15, 0.2) is 0 Å². The molecule has 4 aromatic rings. The fraction of sp³-hybridized carbons (Fsp3) is 0.156. The smallest absolute Gasteiger partial charge is 0.303 e. The summed E-state index contributed by atoms with van der Waals surface area (Å²) < 4.78 is 0. The molecule has 7 heteroatoms. The number of fused-ring (bicyclic) bond motifs is 1. The molecule has 0 bridgehead atoms. The number of rotatable bonds is 7. The van der Waals surface area contributed by atoms with Crippen LogP contribution in [-0.4, -0.2) is 34.7 Å². The zero-order valence-corrected chi connectivity index (χ0v) is 22.1. The van der Waals surface area contributed by atoms with Gasteiger partial charge in [-0.05, 0) is 66.4 Å². The van der Waals surface area contributed by atoms with Gasteiger partial charge < -0.3 is 15.3 Å². The van der Waals surface area contributed by atoms with E-state index in [1.165, 1.54) is 0 Å². The number of amides is 2. The number of hydrogen-bond acceptors (Lipinski definition) is 4. The van der Waals surface area contributed by atoms with Gasteiger partial charge in [0.25, 0.3) is 11.8 Å². The molecule has 1 aliphatic rings. The highest BCUT2D eigenvalue weighted by molar-refractivity contribution is 8.00. The lowest BCUT2D eigenvalue weighted by atomic mass is 9.99. The van der Waals surface area contributed by atoms with Gasteiger partial charge in [-0.3, -0.25) is 14.4 Å². The number of carboxylic acid groups (broad SMARTS) is 1. The Labute approximate surface area is 231 Å². The van der Waals surface area contributed by atoms with Crippen molar-refractivity contribution in [1.82, 2.24) is 0 Å². The zero-order valence-electron chi connectivity index (χ0n) is 21.2. The molecule has 0 aliphatic carbocycles. The van der Waals surface area contributed by atoms with Gasteiger partial charge in [0.2, 0.25) is 0 Å². The van der Waals surface area contributed by atoms with Crippen molar-refractivity contribution in [1.29, 1.82) is 0 Å². The predicted molar refractivity (Wildman–Crippen MR) is 156 cm³/mol. The van der Waals surface area contributed by atoms with E-state index in [0.717, 1.165) is 21.7 Å². The molecule has 1 heterocycles. The molecule has 4 aromatic carbocycles. The molecular formula is C32H28N2O4S. The average molecular weight is 537 g/mol. The van der Waals surface area contributed by atoms with Crippen molar-refractivity contribution in [3.63, 3.8) is 0 Å². The van der Waals surface area contributed by atoms with Crippen LogP contribution in [0.15, 0.2) is 108 Å². The number of nitrogens with one attached hydrogen (secondary N) is 1. The minimum atomic E-state index is -0.809. The lowest BCUT2D eigenvalue weighted by molar-refractivity contribution is -0.137. The molecule has 0 fully saturated rings. The van der Waals surface area contributed by atoms with Gasteiger partial charge in [-0.15, -0.1) is 11.8 Å². The molecule has 0 spiro atoms. The van der Waals surface area contributed by atoms with Gasteiger partial charge in [-0.1, -0.05) is 60.7 Å². The Morgan fingerprint density at radius 3 is 2.31 bits per heavy atom. The van der Waals surface area contributed by atoms with Crippen LogP contribution in [0.2, 0.25) is 0 Å². The molecular weight excluding hydrogens is 508 g/mol.